The highest BCUT2D eigenvalue weighted by Gasteiger charge is 2.20. The number of ether oxygens (including phenoxy) is 3. The lowest BCUT2D eigenvalue weighted by molar-refractivity contribution is 0.0512. The van der Waals surface area contributed by atoms with Crippen molar-refractivity contribution in [1.29, 1.82) is 0 Å². The highest BCUT2D eigenvalue weighted by molar-refractivity contribution is 5.98. The number of nitrogens with one attached hydrogen (secondary N) is 2. The summed E-state index contributed by atoms with van der Waals surface area (Å²) >= 11 is 0. The summed E-state index contributed by atoms with van der Waals surface area (Å²) < 4.78 is 16.8. The maximum atomic E-state index is 12.6. The SMILES string of the molecule is CCCC(COc1c(OC)ccc2cc(C(=O)NC(C)(C)C)c(=O)[nH]c12)OC. The maximum Gasteiger partial charge on any atom is 0.261 e. The van der Waals surface area contributed by atoms with Crippen molar-refractivity contribution < 1.29 is 19.0 Å². The normalized spacial score (nSPS) is 12.6. The van der Waals surface area contributed by atoms with Gasteiger partial charge in [0.2, 0.25) is 0 Å². The van der Waals surface area contributed by atoms with E-state index in [2.05, 4.69) is 17.2 Å². The lowest BCUT2D eigenvalue weighted by Gasteiger charge is -2.20. The fourth-order valence-electron chi connectivity index (χ4n) is 2.88. The van der Waals surface area contributed by atoms with Crippen LogP contribution >= 0.6 is 0 Å². The highest BCUT2D eigenvalue weighted by atomic mass is 16.5. The fourth-order valence-corrected chi connectivity index (χ4v) is 2.88. The van der Waals surface area contributed by atoms with Crippen molar-refractivity contribution in [3.63, 3.8) is 0 Å². The summed E-state index contributed by atoms with van der Waals surface area (Å²) in [6.45, 7) is 7.98. The lowest BCUT2D eigenvalue weighted by atomic mass is 10.1. The minimum Gasteiger partial charge on any atom is -0.493 e. The van der Waals surface area contributed by atoms with Crippen molar-refractivity contribution in [3.05, 3.63) is 34.1 Å². The molecule has 0 fully saturated rings. The van der Waals surface area contributed by atoms with Gasteiger partial charge >= 0.3 is 0 Å². The number of methoxy groups -OCH3 is 2. The van der Waals surface area contributed by atoms with Gasteiger partial charge in [0.15, 0.2) is 11.5 Å². The summed E-state index contributed by atoms with van der Waals surface area (Å²) in [4.78, 5) is 27.8. The van der Waals surface area contributed by atoms with E-state index in [4.69, 9.17) is 14.2 Å². The first-order valence-corrected chi connectivity index (χ1v) is 9.42. The third-order valence-electron chi connectivity index (χ3n) is 4.25. The van der Waals surface area contributed by atoms with Gasteiger partial charge in [-0.05, 0) is 45.4 Å². The van der Waals surface area contributed by atoms with Crippen LogP contribution in [0.5, 0.6) is 11.5 Å². The van der Waals surface area contributed by atoms with Crippen LogP contribution < -0.4 is 20.3 Å². The van der Waals surface area contributed by atoms with Crippen molar-refractivity contribution in [2.75, 3.05) is 20.8 Å². The molecule has 2 N–H and O–H groups in total. The number of amides is 1. The Hall–Kier alpha value is -2.54. The predicted octanol–water partition coefficient (Wildman–Crippen LogP) is 3.26. The minimum atomic E-state index is -0.482. The second-order valence-electron chi connectivity index (χ2n) is 7.73. The fraction of sp³-hybridized carbons (Fsp3) is 0.524. The van der Waals surface area contributed by atoms with Crippen LogP contribution in [0.25, 0.3) is 10.9 Å². The molecule has 1 aromatic heterocycles. The van der Waals surface area contributed by atoms with Crippen molar-refractivity contribution >= 4 is 16.8 Å². The van der Waals surface area contributed by atoms with Crippen LogP contribution in [0.15, 0.2) is 23.0 Å². The average molecular weight is 390 g/mol. The Morgan fingerprint density at radius 2 is 1.96 bits per heavy atom. The quantitative estimate of drug-likeness (QED) is 0.722. The van der Waals surface area contributed by atoms with Crippen molar-refractivity contribution in [1.82, 2.24) is 10.3 Å². The third-order valence-corrected chi connectivity index (χ3v) is 4.25. The Morgan fingerprint density at radius 3 is 2.54 bits per heavy atom. The van der Waals surface area contributed by atoms with E-state index in [1.807, 2.05) is 20.8 Å². The first-order valence-electron chi connectivity index (χ1n) is 9.42. The highest BCUT2D eigenvalue weighted by Crippen LogP contribution is 2.34. The Balaban J connectivity index is 2.45. The summed E-state index contributed by atoms with van der Waals surface area (Å²) in [5.74, 6) is 0.510. The predicted molar refractivity (Wildman–Crippen MR) is 110 cm³/mol. The van der Waals surface area contributed by atoms with E-state index in [0.29, 0.717) is 29.0 Å². The molecule has 2 aromatic rings. The van der Waals surface area contributed by atoms with E-state index in [-0.39, 0.29) is 11.7 Å². The van der Waals surface area contributed by atoms with Gasteiger partial charge in [0.25, 0.3) is 11.5 Å². The summed E-state index contributed by atoms with van der Waals surface area (Å²) in [6.07, 6.45) is 1.77. The van der Waals surface area contributed by atoms with E-state index < -0.39 is 17.0 Å². The molecule has 0 saturated carbocycles. The van der Waals surface area contributed by atoms with Crippen LogP contribution in [0, 0.1) is 0 Å². The van der Waals surface area contributed by atoms with Crippen molar-refractivity contribution in [2.45, 2.75) is 52.2 Å². The summed E-state index contributed by atoms with van der Waals surface area (Å²) in [5, 5.41) is 3.49. The van der Waals surface area contributed by atoms with Crippen LogP contribution in [-0.4, -0.2) is 43.4 Å². The van der Waals surface area contributed by atoms with E-state index >= 15 is 0 Å². The van der Waals surface area contributed by atoms with Gasteiger partial charge in [0, 0.05) is 18.0 Å². The molecule has 7 nitrogen and oxygen atoms in total. The number of pyridine rings is 1. The van der Waals surface area contributed by atoms with Gasteiger partial charge in [-0.25, -0.2) is 0 Å². The van der Waals surface area contributed by atoms with Crippen LogP contribution in [0.2, 0.25) is 0 Å². The van der Waals surface area contributed by atoms with E-state index in [1.54, 1.807) is 25.3 Å². The van der Waals surface area contributed by atoms with Crippen molar-refractivity contribution in [3.8, 4) is 11.5 Å². The monoisotopic (exact) mass is 390 g/mol. The molecule has 0 bridgehead atoms. The molecule has 1 aromatic carbocycles. The molecule has 1 heterocycles. The third kappa shape index (κ3) is 5.25. The number of hydrogen-bond acceptors (Lipinski definition) is 5. The Morgan fingerprint density at radius 1 is 1.25 bits per heavy atom. The molecule has 0 saturated heterocycles. The van der Waals surface area contributed by atoms with Gasteiger partial charge < -0.3 is 24.5 Å². The van der Waals surface area contributed by atoms with E-state index in [0.717, 1.165) is 12.8 Å². The van der Waals surface area contributed by atoms with Crippen LogP contribution in [0.4, 0.5) is 0 Å². The van der Waals surface area contributed by atoms with Crippen LogP contribution in [-0.2, 0) is 4.74 Å². The molecule has 0 radical (unpaired) electrons. The van der Waals surface area contributed by atoms with Gasteiger partial charge in [-0.2, -0.15) is 0 Å². The van der Waals surface area contributed by atoms with Gasteiger partial charge in [0.1, 0.15) is 12.2 Å². The number of hydrogen-bond donors (Lipinski definition) is 2. The molecule has 0 aliphatic heterocycles. The zero-order valence-corrected chi connectivity index (χ0v) is 17.5. The van der Waals surface area contributed by atoms with E-state index in [1.165, 1.54) is 7.11 Å². The number of aromatic amines is 1. The van der Waals surface area contributed by atoms with Gasteiger partial charge in [-0.3, -0.25) is 9.59 Å². The number of benzene rings is 1. The van der Waals surface area contributed by atoms with E-state index in [9.17, 15) is 9.59 Å². The topological polar surface area (TPSA) is 89.6 Å². The number of aromatic nitrogens is 1. The minimum absolute atomic E-state index is 0.0549. The number of carbonyl (C=O) groups excluding carboxylic acids is 1. The van der Waals surface area contributed by atoms with Gasteiger partial charge in [0.05, 0.1) is 18.7 Å². The molecule has 2 rings (SSSR count). The van der Waals surface area contributed by atoms with Gasteiger partial charge in [-0.1, -0.05) is 13.3 Å². The molecule has 0 aliphatic rings. The smallest absolute Gasteiger partial charge is 0.261 e. The summed E-state index contributed by atoms with van der Waals surface area (Å²) in [6, 6.07) is 5.11. The largest absolute Gasteiger partial charge is 0.493 e. The lowest BCUT2D eigenvalue weighted by Crippen LogP contribution is -2.42. The number of rotatable bonds is 8. The number of carbonyl (C=O) groups is 1. The molecular weight excluding hydrogens is 360 g/mol. The summed E-state index contributed by atoms with van der Waals surface area (Å²) in [7, 11) is 3.18. The summed E-state index contributed by atoms with van der Waals surface area (Å²) in [5.41, 5.74) is -0.382. The second kappa shape index (κ2) is 9.10. The molecular formula is C21H30N2O5. The number of H-pyrrole nitrogens is 1. The van der Waals surface area contributed by atoms with Crippen LogP contribution in [0.3, 0.4) is 0 Å². The number of fused-ring (bicyclic) bond motifs is 1. The second-order valence-corrected chi connectivity index (χ2v) is 7.73. The molecule has 0 spiro atoms. The first-order chi connectivity index (χ1) is 13.2. The van der Waals surface area contributed by atoms with Crippen LogP contribution in [0.1, 0.15) is 50.9 Å². The Bertz CT molecular complexity index is 883. The first kappa shape index (κ1) is 21.8. The average Bonchev–Trinajstić information content (AvgIpc) is 2.62. The Labute approximate surface area is 165 Å². The zero-order chi connectivity index (χ0) is 20.9. The standard InChI is InChI=1S/C21H30N2O5/c1-7-8-14(26-5)12-28-18-16(27-6)10-9-13-11-15(19(24)22-17(13)18)20(25)23-21(2,3)4/h9-11,14H,7-8,12H2,1-6H3,(H,22,24)(H,23,25). The van der Waals surface area contributed by atoms with Gasteiger partial charge in [-0.15, -0.1) is 0 Å². The molecule has 7 heteroatoms. The zero-order valence-electron chi connectivity index (χ0n) is 17.5. The molecule has 1 unspecified atom stereocenters. The maximum absolute atomic E-state index is 12.6. The molecule has 1 amide bonds. The molecule has 1 atom stereocenters. The molecule has 0 aliphatic carbocycles. The molecule has 28 heavy (non-hydrogen) atoms. The van der Waals surface area contributed by atoms with Crippen molar-refractivity contribution in [2.24, 2.45) is 0 Å². The Kier molecular flexibility index (Phi) is 7.07. The molecule has 154 valence electrons.